The standard InChI is InChI=1S/C23H29N7O3/c1-14(2)33-23-22(31)28-21-15(3)27-19(8-18(21)29(23)4)24-10-17-11-26-30(13-17)12-16-6-7-20(32-5)25-9-16/h6-9,11,13-14,23H,10,12H2,1-5H3,(H,24,27)(H,28,31). The number of nitrogens with zero attached hydrogens (tertiary/aromatic N) is 5. The maximum Gasteiger partial charge on any atom is 0.274 e. The highest BCUT2D eigenvalue weighted by Crippen LogP contribution is 2.35. The number of methoxy groups -OCH3 is 1. The monoisotopic (exact) mass is 451 g/mol. The Morgan fingerprint density at radius 3 is 2.76 bits per heavy atom. The summed E-state index contributed by atoms with van der Waals surface area (Å²) < 4.78 is 12.8. The van der Waals surface area contributed by atoms with E-state index in [9.17, 15) is 4.79 Å². The Balaban J connectivity index is 1.43. The van der Waals surface area contributed by atoms with Gasteiger partial charge in [-0.15, -0.1) is 0 Å². The second-order valence-electron chi connectivity index (χ2n) is 8.23. The molecule has 0 fully saturated rings. The second-order valence-corrected chi connectivity index (χ2v) is 8.23. The molecule has 4 heterocycles. The molecule has 1 amide bonds. The average Bonchev–Trinajstić information content (AvgIpc) is 3.23. The SMILES string of the molecule is COc1ccc(Cn2cc(CNc3cc4c(c(C)n3)NC(=O)C(OC(C)C)N4C)cn2)cn1. The first-order valence-electron chi connectivity index (χ1n) is 10.8. The Morgan fingerprint density at radius 1 is 1.24 bits per heavy atom. The van der Waals surface area contributed by atoms with Crippen LogP contribution in [0.15, 0.2) is 36.8 Å². The van der Waals surface area contributed by atoms with Crippen LogP contribution in [0.5, 0.6) is 5.88 Å². The van der Waals surface area contributed by atoms with E-state index >= 15 is 0 Å². The molecule has 0 bridgehead atoms. The summed E-state index contributed by atoms with van der Waals surface area (Å²) in [5, 5.41) is 10.7. The molecule has 10 heteroatoms. The summed E-state index contributed by atoms with van der Waals surface area (Å²) in [6.45, 7) is 6.88. The summed E-state index contributed by atoms with van der Waals surface area (Å²) in [6.07, 6.45) is 4.84. The van der Waals surface area contributed by atoms with Gasteiger partial charge in [0.15, 0.2) is 0 Å². The number of amides is 1. The summed E-state index contributed by atoms with van der Waals surface area (Å²) >= 11 is 0. The first kappa shape index (κ1) is 22.5. The van der Waals surface area contributed by atoms with Crippen LogP contribution in [0.1, 0.15) is 30.7 Å². The molecule has 1 aliphatic rings. The fourth-order valence-corrected chi connectivity index (χ4v) is 3.67. The van der Waals surface area contributed by atoms with Crippen molar-refractivity contribution in [3.8, 4) is 5.88 Å². The number of carbonyl (C=O) groups is 1. The smallest absolute Gasteiger partial charge is 0.274 e. The molecule has 0 aromatic carbocycles. The zero-order chi connectivity index (χ0) is 23.5. The van der Waals surface area contributed by atoms with Gasteiger partial charge in [0.1, 0.15) is 5.82 Å². The van der Waals surface area contributed by atoms with Gasteiger partial charge in [-0.2, -0.15) is 5.10 Å². The Hall–Kier alpha value is -3.66. The normalized spacial score (nSPS) is 15.4. The van der Waals surface area contributed by atoms with Gasteiger partial charge in [-0.1, -0.05) is 6.07 Å². The van der Waals surface area contributed by atoms with Crippen molar-refractivity contribution in [2.75, 3.05) is 29.7 Å². The van der Waals surface area contributed by atoms with Crippen molar-refractivity contribution in [2.24, 2.45) is 0 Å². The van der Waals surface area contributed by atoms with Crippen molar-refractivity contribution in [1.82, 2.24) is 19.7 Å². The third-order valence-electron chi connectivity index (χ3n) is 5.30. The number of carbonyl (C=O) groups excluding carboxylic acids is 1. The van der Waals surface area contributed by atoms with E-state index in [0.717, 1.165) is 22.5 Å². The largest absolute Gasteiger partial charge is 0.481 e. The van der Waals surface area contributed by atoms with Crippen LogP contribution in [0, 0.1) is 6.92 Å². The lowest BCUT2D eigenvalue weighted by Gasteiger charge is -2.36. The number of hydrogen-bond acceptors (Lipinski definition) is 8. The number of pyridine rings is 2. The maximum absolute atomic E-state index is 12.5. The lowest BCUT2D eigenvalue weighted by atomic mass is 10.1. The van der Waals surface area contributed by atoms with E-state index in [1.54, 1.807) is 13.3 Å². The number of ether oxygens (including phenoxy) is 2. The minimum atomic E-state index is -0.683. The van der Waals surface area contributed by atoms with Gasteiger partial charge in [0.05, 0.1) is 43.0 Å². The van der Waals surface area contributed by atoms with Crippen LogP contribution in [0.3, 0.4) is 0 Å². The van der Waals surface area contributed by atoms with Crippen LogP contribution in [0.25, 0.3) is 0 Å². The molecule has 0 spiro atoms. The van der Waals surface area contributed by atoms with E-state index in [0.29, 0.717) is 30.5 Å². The molecule has 174 valence electrons. The van der Waals surface area contributed by atoms with E-state index < -0.39 is 6.23 Å². The Bertz CT molecular complexity index is 1130. The minimum Gasteiger partial charge on any atom is -0.481 e. The van der Waals surface area contributed by atoms with Gasteiger partial charge < -0.3 is 25.0 Å². The maximum atomic E-state index is 12.5. The van der Waals surface area contributed by atoms with E-state index in [2.05, 4.69) is 25.7 Å². The van der Waals surface area contributed by atoms with Crippen LogP contribution in [-0.4, -0.2) is 52.1 Å². The molecule has 10 nitrogen and oxygen atoms in total. The van der Waals surface area contributed by atoms with Gasteiger partial charge in [0.2, 0.25) is 12.1 Å². The minimum absolute atomic E-state index is 0.0736. The highest BCUT2D eigenvalue weighted by atomic mass is 16.5. The molecule has 1 unspecified atom stereocenters. The van der Waals surface area contributed by atoms with Crippen LogP contribution >= 0.6 is 0 Å². The number of aromatic nitrogens is 4. The molecule has 1 aliphatic heterocycles. The average molecular weight is 452 g/mol. The summed E-state index contributed by atoms with van der Waals surface area (Å²) in [6, 6.07) is 5.73. The summed E-state index contributed by atoms with van der Waals surface area (Å²) in [4.78, 5) is 23.2. The Morgan fingerprint density at radius 2 is 2.06 bits per heavy atom. The Kier molecular flexibility index (Phi) is 6.45. The number of anilines is 3. The molecular weight excluding hydrogens is 422 g/mol. The molecule has 33 heavy (non-hydrogen) atoms. The highest BCUT2D eigenvalue weighted by molar-refractivity contribution is 6.03. The molecule has 1 atom stereocenters. The third kappa shape index (κ3) is 5.06. The van der Waals surface area contributed by atoms with E-state index in [1.807, 2.05) is 68.0 Å². The van der Waals surface area contributed by atoms with Crippen LogP contribution in [0.4, 0.5) is 17.2 Å². The zero-order valence-corrected chi connectivity index (χ0v) is 19.5. The predicted molar refractivity (Wildman–Crippen MR) is 125 cm³/mol. The third-order valence-corrected chi connectivity index (χ3v) is 5.30. The molecule has 0 saturated carbocycles. The molecular formula is C23H29N7O3. The fraction of sp³-hybridized carbons (Fsp3) is 0.391. The highest BCUT2D eigenvalue weighted by Gasteiger charge is 2.33. The number of nitrogens with one attached hydrogen (secondary N) is 2. The van der Waals surface area contributed by atoms with Crippen LogP contribution in [0.2, 0.25) is 0 Å². The van der Waals surface area contributed by atoms with Gasteiger partial charge in [0.25, 0.3) is 5.91 Å². The lowest BCUT2D eigenvalue weighted by molar-refractivity contribution is -0.130. The summed E-state index contributed by atoms with van der Waals surface area (Å²) in [5.41, 5.74) is 4.36. The number of likely N-dealkylation sites (N-methyl/N-ethyl adjacent to an activating group) is 1. The number of rotatable bonds is 8. The topological polar surface area (TPSA) is 106 Å². The van der Waals surface area contributed by atoms with Gasteiger partial charge in [0, 0.05) is 43.7 Å². The van der Waals surface area contributed by atoms with E-state index in [1.165, 1.54) is 0 Å². The van der Waals surface area contributed by atoms with Crippen molar-refractivity contribution >= 4 is 23.1 Å². The zero-order valence-electron chi connectivity index (χ0n) is 19.5. The van der Waals surface area contributed by atoms with Gasteiger partial charge in [-0.25, -0.2) is 9.97 Å². The van der Waals surface area contributed by atoms with Crippen molar-refractivity contribution in [2.45, 2.75) is 46.2 Å². The predicted octanol–water partition coefficient (Wildman–Crippen LogP) is 2.79. The quantitative estimate of drug-likeness (QED) is 0.539. The molecule has 4 rings (SSSR count). The molecule has 0 saturated heterocycles. The number of fused-ring (bicyclic) bond motifs is 1. The van der Waals surface area contributed by atoms with Gasteiger partial charge >= 0.3 is 0 Å². The first-order chi connectivity index (χ1) is 15.8. The van der Waals surface area contributed by atoms with Crippen LogP contribution in [-0.2, 0) is 22.6 Å². The fourth-order valence-electron chi connectivity index (χ4n) is 3.67. The molecule has 0 radical (unpaired) electrons. The van der Waals surface area contributed by atoms with E-state index in [-0.39, 0.29) is 12.0 Å². The van der Waals surface area contributed by atoms with Crippen molar-refractivity contribution in [3.05, 3.63) is 53.6 Å². The van der Waals surface area contributed by atoms with Crippen molar-refractivity contribution in [1.29, 1.82) is 0 Å². The summed E-state index contributed by atoms with van der Waals surface area (Å²) in [7, 11) is 3.45. The van der Waals surface area contributed by atoms with E-state index in [4.69, 9.17) is 9.47 Å². The first-order valence-corrected chi connectivity index (χ1v) is 10.8. The molecule has 0 aliphatic carbocycles. The van der Waals surface area contributed by atoms with Crippen molar-refractivity contribution < 1.29 is 14.3 Å². The summed E-state index contributed by atoms with van der Waals surface area (Å²) in [5.74, 6) is 1.11. The molecule has 3 aromatic rings. The van der Waals surface area contributed by atoms with Crippen LogP contribution < -0.4 is 20.3 Å². The van der Waals surface area contributed by atoms with Gasteiger partial charge in [-0.3, -0.25) is 9.48 Å². The molecule has 3 aromatic heterocycles. The second kappa shape index (κ2) is 9.45. The van der Waals surface area contributed by atoms with Gasteiger partial charge in [-0.05, 0) is 26.3 Å². The van der Waals surface area contributed by atoms with Crippen molar-refractivity contribution in [3.63, 3.8) is 0 Å². The lowest BCUT2D eigenvalue weighted by Crippen LogP contribution is -2.49. The number of hydrogen-bond donors (Lipinski definition) is 2. The Labute approximate surface area is 192 Å². The number of aryl methyl sites for hydroxylation is 1. The molecule has 2 N–H and O–H groups in total.